The Labute approximate surface area is 178 Å². The van der Waals surface area contributed by atoms with E-state index in [-0.39, 0.29) is 10.6 Å². The van der Waals surface area contributed by atoms with E-state index in [4.69, 9.17) is 9.16 Å². The van der Waals surface area contributed by atoms with Gasteiger partial charge in [0.25, 0.3) is 0 Å². The number of hydrogen-bond acceptors (Lipinski definition) is 3. The average Bonchev–Trinajstić information content (AvgIpc) is 2.73. The predicted molar refractivity (Wildman–Crippen MR) is 121 cm³/mol. The fraction of sp³-hybridized carbons (Fsp3) is 0.240. The summed E-state index contributed by atoms with van der Waals surface area (Å²) in [5, 5.41) is 1.96. The minimum absolute atomic E-state index is 0.129. The first-order chi connectivity index (χ1) is 14.2. The summed E-state index contributed by atoms with van der Waals surface area (Å²) in [6, 6.07) is 23.1. The molecule has 0 aromatic heterocycles. The lowest BCUT2D eigenvalue weighted by Crippen LogP contribution is -2.68. The van der Waals surface area contributed by atoms with Gasteiger partial charge in [-0.2, -0.15) is 0 Å². The molecule has 3 nitrogen and oxygen atoms in total. The third kappa shape index (κ3) is 3.90. The molecule has 0 fully saturated rings. The predicted octanol–water partition coefficient (Wildman–Crippen LogP) is 4.86. The van der Waals surface area contributed by atoms with Crippen LogP contribution in [0.25, 0.3) is 0 Å². The highest BCUT2D eigenvalue weighted by Gasteiger charge is 2.52. The van der Waals surface area contributed by atoms with Crippen molar-refractivity contribution in [3.63, 3.8) is 0 Å². The molecule has 0 unspecified atom stereocenters. The molecule has 0 spiro atoms. The number of benzene rings is 3. The Hall–Kier alpha value is -2.92. The van der Waals surface area contributed by atoms with E-state index < -0.39 is 20.1 Å². The number of carbonyl (C=O) groups excluding carboxylic acids is 1. The molecule has 0 saturated heterocycles. The quantitative estimate of drug-likeness (QED) is 0.435. The lowest BCUT2D eigenvalue weighted by Gasteiger charge is -2.43. The molecule has 0 amide bonds. The van der Waals surface area contributed by atoms with Crippen molar-refractivity contribution in [2.24, 2.45) is 0 Å². The molecule has 30 heavy (non-hydrogen) atoms. The van der Waals surface area contributed by atoms with Crippen molar-refractivity contribution in [2.75, 3.05) is 7.11 Å². The maximum Gasteiger partial charge on any atom is 0.340 e. The molecule has 3 aromatic rings. The van der Waals surface area contributed by atoms with Crippen LogP contribution in [0.5, 0.6) is 5.75 Å². The summed E-state index contributed by atoms with van der Waals surface area (Å²) in [6.45, 7) is 8.29. The fourth-order valence-electron chi connectivity index (χ4n) is 3.84. The topological polar surface area (TPSA) is 35.5 Å². The fourth-order valence-corrected chi connectivity index (χ4v) is 8.32. The van der Waals surface area contributed by atoms with E-state index in [9.17, 15) is 9.18 Å². The maximum absolute atomic E-state index is 14.4. The Bertz CT molecular complexity index is 988. The Kier molecular flexibility index (Phi) is 6.13. The second-order valence-corrected chi connectivity index (χ2v) is 12.6. The number of esters is 1. The normalized spacial score (nSPS) is 11.8. The van der Waals surface area contributed by atoms with Gasteiger partial charge in [0.15, 0.2) is 0 Å². The van der Waals surface area contributed by atoms with Crippen LogP contribution in [-0.2, 0) is 4.74 Å². The average molecular weight is 423 g/mol. The van der Waals surface area contributed by atoms with Crippen molar-refractivity contribution in [2.45, 2.75) is 32.7 Å². The van der Waals surface area contributed by atoms with E-state index in [1.165, 1.54) is 19.2 Å². The molecular formula is C25H27FO3Si. The Morgan fingerprint density at radius 3 is 1.83 bits per heavy atom. The van der Waals surface area contributed by atoms with Crippen LogP contribution >= 0.6 is 0 Å². The molecule has 0 bridgehead atoms. The van der Waals surface area contributed by atoms with E-state index in [0.29, 0.717) is 11.3 Å². The number of methoxy groups -OCH3 is 1. The summed E-state index contributed by atoms with van der Waals surface area (Å²) in [6.07, 6.45) is 0. The number of ether oxygens (including phenoxy) is 1. The van der Waals surface area contributed by atoms with Crippen molar-refractivity contribution in [3.8, 4) is 5.75 Å². The minimum Gasteiger partial charge on any atom is -0.534 e. The third-order valence-corrected chi connectivity index (χ3v) is 10.3. The molecule has 3 rings (SSSR count). The molecular weight excluding hydrogens is 395 g/mol. The number of aryl methyl sites for hydroxylation is 1. The van der Waals surface area contributed by atoms with Gasteiger partial charge in [-0.25, -0.2) is 9.18 Å². The summed E-state index contributed by atoms with van der Waals surface area (Å²) in [4.78, 5) is 12.1. The van der Waals surface area contributed by atoms with Gasteiger partial charge in [0.2, 0.25) is 0 Å². The molecule has 156 valence electrons. The molecule has 0 radical (unpaired) electrons. The van der Waals surface area contributed by atoms with E-state index >= 15 is 0 Å². The van der Waals surface area contributed by atoms with Crippen LogP contribution in [0.2, 0.25) is 5.04 Å². The largest absolute Gasteiger partial charge is 0.534 e. The molecule has 0 aliphatic rings. The first-order valence-electron chi connectivity index (χ1n) is 9.89. The van der Waals surface area contributed by atoms with Gasteiger partial charge in [0.05, 0.1) is 12.7 Å². The Morgan fingerprint density at radius 1 is 0.900 bits per heavy atom. The zero-order chi connectivity index (χ0) is 21.9. The molecule has 0 heterocycles. The van der Waals surface area contributed by atoms with E-state index in [1.807, 2.05) is 36.4 Å². The molecule has 5 heteroatoms. The van der Waals surface area contributed by atoms with Crippen molar-refractivity contribution in [1.29, 1.82) is 0 Å². The van der Waals surface area contributed by atoms with Gasteiger partial charge in [-0.15, -0.1) is 0 Å². The SMILES string of the molecule is COC(=O)c1cc(O[Si](c2ccccc2)(c2ccccc2)C(C)(C)C)c(C)cc1F. The summed E-state index contributed by atoms with van der Waals surface area (Å²) in [7, 11) is -1.64. The lowest BCUT2D eigenvalue weighted by molar-refractivity contribution is 0.0595. The van der Waals surface area contributed by atoms with E-state index in [2.05, 4.69) is 45.0 Å². The number of rotatable bonds is 5. The molecule has 0 atom stereocenters. The maximum atomic E-state index is 14.4. The van der Waals surface area contributed by atoms with Crippen LogP contribution < -0.4 is 14.8 Å². The third-order valence-electron chi connectivity index (χ3n) is 5.35. The standard InChI is InChI=1S/C25H27FO3Si/c1-18-16-22(26)21(24(27)28-5)17-23(18)29-30(25(2,3)4,19-12-8-6-9-13-19)20-14-10-7-11-15-20/h6-17H,1-5H3. The van der Waals surface area contributed by atoms with E-state index in [0.717, 1.165) is 10.4 Å². The lowest BCUT2D eigenvalue weighted by atomic mass is 10.1. The smallest absolute Gasteiger partial charge is 0.340 e. The number of carbonyl (C=O) groups is 1. The minimum atomic E-state index is -2.88. The monoisotopic (exact) mass is 422 g/mol. The first-order valence-corrected chi connectivity index (χ1v) is 11.8. The summed E-state index contributed by atoms with van der Waals surface area (Å²) in [5.74, 6) is -0.847. The zero-order valence-electron chi connectivity index (χ0n) is 18.0. The molecule has 0 saturated carbocycles. The molecule has 0 N–H and O–H groups in total. The van der Waals surface area contributed by atoms with Crippen LogP contribution in [-0.4, -0.2) is 21.4 Å². The zero-order valence-corrected chi connectivity index (χ0v) is 19.0. The van der Waals surface area contributed by atoms with Crippen molar-refractivity contribution < 1.29 is 18.3 Å². The highest BCUT2D eigenvalue weighted by molar-refractivity contribution is 7.00. The highest BCUT2D eigenvalue weighted by Crippen LogP contribution is 2.38. The Morgan fingerprint density at radius 2 is 1.40 bits per heavy atom. The molecule has 0 aliphatic heterocycles. The highest BCUT2D eigenvalue weighted by atomic mass is 28.4. The summed E-state index contributed by atoms with van der Waals surface area (Å²) >= 11 is 0. The van der Waals surface area contributed by atoms with Crippen LogP contribution in [0.1, 0.15) is 36.7 Å². The van der Waals surface area contributed by atoms with Gasteiger partial charge in [0, 0.05) is 0 Å². The van der Waals surface area contributed by atoms with Gasteiger partial charge in [-0.1, -0.05) is 81.4 Å². The second kappa shape index (κ2) is 8.44. The van der Waals surface area contributed by atoms with Crippen molar-refractivity contribution in [3.05, 3.63) is 89.7 Å². The van der Waals surface area contributed by atoms with Crippen LogP contribution in [0, 0.1) is 12.7 Å². The van der Waals surface area contributed by atoms with Crippen molar-refractivity contribution >= 4 is 24.7 Å². The van der Waals surface area contributed by atoms with Crippen LogP contribution in [0.15, 0.2) is 72.8 Å². The number of hydrogen-bond donors (Lipinski definition) is 0. The summed E-state index contributed by atoms with van der Waals surface area (Å²) < 4.78 is 26.1. The van der Waals surface area contributed by atoms with Gasteiger partial charge < -0.3 is 9.16 Å². The van der Waals surface area contributed by atoms with Crippen LogP contribution in [0.3, 0.4) is 0 Å². The van der Waals surface area contributed by atoms with Crippen LogP contribution in [0.4, 0.5) is 4.39 Å². The Balaban J connectivity index is 2.29. The molecule has 3 aromatic carbocycles. The van der Waals surface area contributed by atoms with Gasteiger partial charge >= 0.3 is 14.3 Å². The van der Waals surface area contributed by atoms with Gasteiger partial charge in [-0.3, -0.25) is 0 Å². The molecule has 0 aliphatic carbocycles. The number of halogens is 1. The van der Waals surface area contributed by atoms with Gasteiger partial charge in [-0.05, 0) is 40.0 Å². The second-order valence-electron chi connectivity index (χ2n) is 8.35. The summed E-state index contributed by atoms with van der Waals surface area (Å²) in [5.41, 5.74) is 0.504. The van der Waals surface area contributed by atoms with Crippen molar-refractivity contribution in [1.82, 2.24) is 0 Å². The van der Waals surface area contributed by atoms with E-state index in [1.54, 1.807) is 6.92 Å². The van der Waals surface area contributed by atoms with Gasteiger partial charge in [0.1, 0.15) is 11.6 Å². The first kappa shape index (κ1) is 21.8.